The highest BCUT2D eigenvalue weighted by Gasteiger charge is 2.22. The van der Waals surface area contributed by atoms with Crippen molar-refractivity contribution < 1.29 is 14.4 Å². The van der Waals surface area contributed by atoms with Gasteiger partial charge in [0.1, 0.15) is 11.5 Å². The Morgan fingerprint density at radius 3 is 2.87 bits per heavy atom. The van der Waals surface area contributed by atoms with E-state index in [1.807, 2.05) is 22.6 Å². The minimum atomic E-state index is -0.697. The summed E-state index contributed by atoms with van der Waals surface area (Å²) in [6.45, 7) is 0. The largest absolute Gasteiger partial charge is 0.351 e. The molecule has 8 heteroatoms. The Bertz CT molecular complexity index is 910. The monoisotopic (exact) mass is 426 g/mol. The van der Waals surface area contributed by atoms with Crippen LogP contribution in [0.4, 0.5) is 15.8 Å². The Hall–Kier alpha value is -2.20. The number of nitrogens with one attached hydrogen (secondary N) is 2. The molecule has 0 bridgehead atoms. The van der Waals surface area contributed by atoms with Crippen molar-refractivity contribution in [2.75, 3.05) is 5.32 Å². The van der Waals surface area contributed by atoms with Gasteiger partial charge in [-0.15, -0.1) is 0 Å². The Balaban J connectivity index is 2.21. The molecule has 2 aromatic heterocycles. The molecule has 0 aliphatic heterocycles. The first-order chi connectivity index (χ1) is 11.0. The van der Waals surface area contributed by atoms with Gasteiger partial charge in [0.15, 0.2) is 0 Å². The van der Waals surface area contributed by atoms with Gasteiger partial charge in [0.05, 0.1) is 16.9 Å². The van der Waals surface area contributed by atoms with E-state index in [0.29, 0.717) is 11.1 Å². The van der Waals surface area contributed by atoms with Crippen LogP contribution in [0, 0.1) is 9.39 Å². The lowest BCUT2D eigenvalue weighted by molar-refractivity contribution is 0.0698. The summed E-state index contributed by atoms with van der Waals surface area (Å²) >= 11 is 2.02. The van der Waals surface area contributed by atoms with Gasteiger partial charge in [0.2, 0.25) is 0 Å². The molecule has 0 saturated carbocycles. The molecule has 1 aromatic carbocycles. The molecule has 23 heavy (non-hydrogen) atoms. The Morgan fingerprint density at radius 2 is 2.17 bits per heavy atom. The lowest BCUT2D eigenvalue weighted by atomic mass is 10.2. The van der Waals surface area contributed by atoms with Gasteiger partial charge in [0, 0.05) is 28.4 Å². The number of carbonyl (C=O) groups excluding carboxylic acids is 1. The molecule has 2 heterocycles. The van der Waals surface area contributed by atoms with Gasteiger partial charge in [-0.25, -0.2) is 9.87 Å². The van der Waals surface area contributed by atoms with Crippen molar-refractivity contribution in [3.8, 4) is 0 Å². The number of carbonyl (C=O) groups is 1. The second-order valence-electron chi connectivity index (χ2n) is 4.87. The van der Waals surface area contributed by atoms with Crippen LogP contribution in [-0.2, 0) is 7.05 Å². The molecule has 6 nitrogen and oxygen atoms in total. The highest BCUT2D eigenvalue weighted by molar-refractivity contribution is 14.1. The molecule has 118 valence electrons. The molecule has 0 saturated heterocycles. The quantitative estimate of drug-likeness (QED) is 0.342. The zero-order valence-electron chi connectivity index (χ0n) is 12.0. The number of hydrogen-bond donors (Lipinski definition) is 3. The van der Waals surface area contributed by atoms with Crippen molar-refractivity contribution in [3.63, 3.8) is 0 Å². The first kappa shape index (κ1) is 15.7. The average Bonchev–Trinajstić information content (AvgIpc) is 2.82. The summed E-state index contributed by atoms with van der Waals surface area (Å²) in [5.41, 5.74) is 3.13. The molecule has 0 unspecified atom stereocenters. The number of nitrogens with zero attached hydrogens (tertiary/aromatic N) is 2. The minimum Gasteiger partial charge on any atom is -0.351 e. The maximum Gasteiger partial charge on any atom is 0.293 e. The third kappa shape index (κ3) is 2.75. The molecule has 3 aromatic rings. The number of aromatic nitrogens is 2. The van der Waals surface area contributed by atoms with Gasteiger partial charge in [-0.3, -0.25) is 15.0 Å². The average molecular weight is 426 g/mol. The number of halogens is 2. The predicted octanol–water partition coefficient (Wildman–Crippen LogP) is 3.18. The minimum absolute atomic E-state index is 0.174. The number of rotatable bonds is 3. The fourth-order valence-electron chi connectivity index (χ4n) is 2.46. The first-order valence-corrected chi connectivity index (χ1v) is 7.69. The van der Waals surface area contributed by atoms with Crippen molar-refractivity contribution in [2.24, 2.45) is 7.05 Å². The molecule has 0 radical (unpaired) electrons. The van der Waals surface area contributed by atoms with Crippen LogP contribution in [0.2, 0.25) is 0 Å². The van der Waals surface area contributed by atoms with E-state index in [-0.39, 0.29) is 11.4 Å². The fraction of sp³-hybridized carbons (Fsp3) is 0.0667. The number of fused-ring (bicyclic) bond motifs is 1. The van der Waals surface area contributed by atoms with Crippen molar-refractivity contribution in [2.45, 2.75) is 0 Å². The maximum atomic E-state index is 14.1. The topological polar surface area (TPSA) is 79.2 Å². The van der Waals surface area contributed by atoms with Crippen LogP contribution < -0.4 is 10.8 Å². The Labute approximate surface area is 144 Å². The molecular formula is C15H12FIN4O2. The molecule has 3 rings (SSSR count). The van der Waals surface area contributed by atoms with E-state index < -0.39 is 11.7 Å². The molecule has 0 atom stereocenters. The van der Waals surface area contributed by atoms with Gasteiger partial charge >= 0.3 is 0 Å². The summed E-state index contributed by atoms with van der Waals surface area (Å²) in [6, 6.07) is 6.46. The van der Waals surface area contributed by atoms with Crippen LogP contribution in [0.1, 0.15) is 10.5 Å². The molecule has 0 aliphatic rings. The lowest BCUT2D eigenvalue weighted by Gasteiger charge is -2.10. The van der Waals surface area contributed by atoms with Crippen LogP contribution in [0.5, 0.6) is 0 Å². The van der Waals surface area contributed by atoms with Crippen LogP contribution in [0.3, 0.4) is 0 Å². The zero-order chi connectivity index (χ0) is 16.6. The number of hydroxylamine groups is 1. The van der Waals surface area contributed by atoms with E-state index in [1.54, 1.807) is 47.7 Å². The van der Waals surface area contributed by atoms with E-state index >= 15 is 0 Å². The Morgan fingerprint density at radius 1 is 1.39 bits per heavy atom. The smallest absolute Gasteiger partial charge is 0.293 e. The molecule has 0 fully saturated rings. The molecule has 0 spiro atoms. The standard InChI is InChI=1S/C15H12FIN4O2/c1-21-12-4-5-18-7-9(12)13(14(21)15(22)20-23)19-11-3-2-8(17)6-10(11)16/h2-7,19,23H,1H3,(H,20,22). The number of anilines is 2. The highest BCUT2D eigenvalue weighted by Crippen LogP contribution is 2.33. The second-order valence-corrected chi connectivity index (χ2v) is 6.11. The second kappa shape index (κ2) is 6.13. The van der Waals surface area contributed by atoms with Crippen molar-refractivity contribution in [3.05, 3.63) is 51.7 Å². The first-order valence-electron chi connectivity index (χ1n) is 6.62. The van der Waals surface area contributed by atoms with Gasteiger partial charge in [-0.05, 0) is 46.9 Å². The van der Waals surface area contributed by atoms with Crippen molar-refractivity contribution >= 4 is 50.8 Å². The van der Waals surface area contributed by atoms with E-state index in [4.69, 9.17) is 5.21 Å². The number of benzene rings is 1. The summed E-state index contributed by atoms with van der Waals surface area (Å²) < 4.78 is 16.5. The number of aryl methyl sites for hydroxylation is 1. The van der Waals surface area contributed by atoms with Crippen LogP contribution in [0.25, 0.3) is 10.9 Å². The normalized spacial score (nSPS) is 10.8. The highest BCUT2D eigenvalue weighted by atomic mass is 127. The third-order valence-corrected chi connectivity index (χ3v) is 4.18. The van der Waals surface area contributed by atoms with Gasteiger partial charge < -0.3 is 9.88 Å². The summed E-state index contributed by atoms with van der Waals surface area (Å²) in [4.78, 5) is 16.1. The van der Waals surface area contributed by atoms with Gasteiger partial charge in [0.25, 0.3) is 5.91 Å². The fourth-order valence-corrected chi connectivity index (χ4v) is 2.91. The molecular weight excluding hydrogens is 414 g/mol. The van der Waals surface area contributed by atoms with Crippen molar-refractivity contribution in [1.29, 1.82) is 0 Å². The van der Waals surface area contributed by atoms with Crippen LogP contribution in [0.15, 0.2) is 36.7 Å². The summed E-state index contributed by atoms with van der Waals surface area (Å²) in [5.74, 6) is -1.13. The molecule has 3 N–H and O–H groups in total. The Kier molecular flexibility index (Phi) is 4.18. The van der Waals surface area contributed by atoms with E-state index in [9.17, 15) is 9.18 Å². The van der Waals surface area contributed by atoms with E-state index in [1.165, 1.54) is 6.07 Å². The van der Waals surface area contributed by atoms with E-state index in [2.05, 4.69) is 10.3 Å². The lowest BCUT2D eigenvalue weighted by Crippen LogP contribution is -2.22. The zero-order valence-corrected chi connectivity index (χ0v) is 14.1. The number of hydrogen-bond acceptors (Lipinski definition) is 4. The van der Waals surface area contributed by atoms with Crippen LogP contribution in [-0.4, -0.2) is 20.7 Å². The van der Waals surface area contributed by atoms with E-state index in [0.717, 1.165) is 9.09 Å². The maximum absolute atomic E-state index is 14.1. The molecule has 0 aliphatic carbocycles. The SMILES string of the molecule is Cn1c(C(=O)NO)c(Nc2ccc(I)cc2F)c2cnccc21. The summed E-state index contributed by atoms with van der Waals surface area (Å²) in [5, 5.41) is 12.6. The number of pyridine rings is 1. The van der Waals surface area contributed by atoms with Gasteiger partial charge in [-0.2, -0.15) is 0 Å². The van der Waals surface area contributed by atoms with Crippen molar-refractivity contribution in [1.82, 2.24) is 15.0 Å². The summed E-state index contributed by atoms with van der Waals surface area (Å²) in [6.07, 6.45) is 3.18. The molecule has 1 amide bonds. The van der Waals surface area contributed by atoms with Crippen LogP contribution >= 0.6 is 22.6 Å². The van der Waals surface area contributed by atoms with Gasteiger partial charge in [-0.1, -0.05) is 0 Å². The third-order valence-electron chi connectivity index (χ3n) is 3.51. The number of amides is 1. The summed E-state index contributed by atoms with van der Waals surface area (Å²) in [7, 11) is 1.68. The predicted molar refractivity (Wildman–Crippen MR) is 92.4 cm³/mol.